The molecular weight excluding hydrogens is 284 g/mol. The van der Waals surface area contributed by atoms with Crippen LogP contribution < -0.4 is 0 Å². The summed E-state index contributed by atoms with van der Waals surface area (Å²) < 4.78 is 0. The molecule has 0 aliphatic heterocycles. The van der Waals surface area contributed by atoms with E-state index in [1.165, 1.54) is 5.56 Å². The lowest BCUT2D eigenvalue weighted by Gasteiger charge is -2.35. The van der Waals surface area contributed by atoms with Crippen molar-refractivity contribution in [1.29, 1.82) is 0 Å². The predicted octanol–water partition coefficient (Wildman–Crippen LogP) is 5.69. The number of carboxylic acid groups (broad SMARTS) is 1. The zero-order chi connectivity index (χ0) is 17.3. The van der Waals surface area contributed by atoms with E-state index in [1.807, 2.05) is 0 Å². The predicted molar refractivity (Wildman–Crippen MR) is 95.9 cm³/mol. The molecule has 2 heteroatoms. The summed E-state index contributed by atoms with van der Waals surface area (Å²) in [5.41, 5.74) is 1.99. The van der Waals surface area contributed by atoms with Gasteiger partial charge in [0.25, 0.3) is 0 Å². The van der Waals surface area contributed by atoms with Gasteiger partial charge < -0.3 is 5.11 Å². The summed E-state index contributed by atoms with van der Waals surface area (Å²) in [6.07, 6.45) is 5.84. The minimum absolute atomic E-state index is 0.0970. The van der Waals surface area contributed by atoms with Crippen LogP contribution >= 0.6 is 0 Å². The largest absolute Gasteiger partial charge is 0.481 e. The maximum Gasteiger partial charge on any atom is 0.314 e. The van der Waals surface area contributed by atoms with Crippen molar-refractivity contribution in [2.75, 3.05) is 0 Å². The minimum Gasteiger partial charge on any atom is -0.481 e. The first-order valence-corrected chi connectivity index (χ1v) is 8.91. The lowest BCUT2D eigenvalue weighted by Crippen LogP contribution is -2.37. The summed E-state index contributed by atoms with van der Waals surface area (Å²) in [6.45, 7) is 11.4. The second-order valence-electron chi connectivity index (χ2n) is 9.15. The highest BCUT2D eigenvalue weighted by molar-refractivity contribution is 5.81. The molecule has 0 bridgehead atoms. The second-order valence-corrected chi connectivity index (χ2v) is 9.15. The molecule has 1 N–H and O–H groups in total. The SMILES string of the molecule is CC(C)(C)CC(C)(C)c1ccc(C2(C(=O)O)CCCCC2)cc1. The van der Waals surface area contributed by atoms with E-state index in [0.717, 1.165) is 44.1 Å². The highest BCUT2D eigenvalue weighted by atomic mass is 16.4. The Morgan fingerprint density at radius 3 is 1.96 bits per heavy atom. The van der Waals surface area contributed by atoms with Gasteiger partial charge in [-0.2, -0.15) is 0 Å². The van der Waals surface area contributed by atoms with Gasteiger partial charge in [-0.15, -0.1) is 0 Å². The molecule has 1 saturated carbocycles. The molecule has 1 aromatic rings. The van der Waals surface area contributed by atoms with Crippen molar-refractivity contribution < 1.29 is 9.90 Å². The summed E-state index contributed by atoms with van der Waals surface area (Å²) in [6, 6.07) is 8.44. The van der Waals surface area contributed by atoms with Crippen LogP contribution in [-0.2, 0) is 15.6 Å². The minimum atomic E-state index is -0.662. The maximum absolute atomic E-state index is 11.9. The Kier molecular flexibility index (Phi) is 4.94. The molecule has 0 aromatic heterocycles. The number of rotatable bonds is 4. The molecule has 1 fully saturated rings. The fourth-order valence-corrected chi connectivity index (χ4v) is 4.45. The summed E-state index contributed by atoms with van der Waals surface area (Å²) in [7, 11) is 0. The van der Waals surface area contributed by atoms with Crippen LogP contribution in [0, 0.1) is 5.41 Å². The van der Waals surface area contributed by atoms with E-state index in [2.05, 4.69) is 58.9 Å². The van der Waals surface area contributed by atoms with E-state index in [4.69, 9.17) is 0 Å². The third-order valence-corrected chi connectivity index (χ3v) is 5.31. The lowest BCUT2D eigenvalue weighted by molar-refractivity contribution is -0.145. The Hall–Kier alpha value is -1.31. The molecule has 1 aliphatic carbocycles. The van der Waals surface area contributed by atoms with Crippen LogP contribution in [0.2, 0.25) is 0 Å². The molecule has 0 saturated heterocycles. The first-order chi connectivity index (χ1) is 10.6. The molecule has 0 unspecified atom stereocenters. The number of carboxylic acids is 1. The van der Waals surface area contributed by atoms with Crippen LogP contribution in [0.15, 0.2) is 24.3 Å². The van der Waals surface area contributed by atoms with Crippen molar-refractivity contribution in [2.45, 2.75) is 84.0 Å². The standard InChI is InChI=1S/C21H32O2/c1-19(2,3)15-20(4,5)16-9-11-17(12-10-16)21(18(22)23)13-7-6-8-14-21/h9-12H,6-8,13-15H2,1-5H3,(H,22,23). The highest BCUT2D eigenvalue weighted by Gasteiger charge is 2.41. The monoisotopic (exact) mass is 316 g/mol. The molecule has 1 aliphatic rings. The number of carbonyl (C=O) groups is 1. The molecule has 0 heterocycles. The van der Waals surface area contributed by atoms with Gasteiger partial charge in [0.15, 0.2) is 0 Å². The Morgan fingerprint density at radius 2 is 1.52 bits per heavy atom. The van der Waals surface area contributed by atoms with Crippen molar-refractivity contribution in [3.63, 3.8) is 0 Å². The van der Waals surface area contributed by atoms with Crippen LogP contribution in [0.25, 0.3) is 0 Å². The van der Waals surface area contributed by atoms with Crippen molar-refractivity contribution in [1.82, 2.24) is 0 Å². The molecule has 0 radical (unpaired) electrons. The van der Waals surface area contributed by atoms with Gasteiger partial charge >= 0.3 is 5.97 Å². The van der Waals surface area contributed by atoms with Crippen molar-refractivity contribution >= 4 is 5.97 Å². The molecule has 2 nitrogen and oxygen atoms in total. The molecule has 0 spiro atoms. The molecule has 0 amide bonds. The van der Waals surface area contributed by atoms with E-state index in [0.29, 0.717) is 0 Å². The summed E-state index contributed by atoms with van der Waals surface area (Å²) in [4.78, 5) is 11.9. The quantitative estimate of drug-likeness (QED) is 0.775. The highest BCUT2D eigenvalue weighted by Crippen LogP contribution is 2.41. The number of aliphatic carboxylic acids is 1. The van der Waals surface area contributed by atoms with Gasteiger partial charge in [0.1, 0.15) is 0 Å². The fraction of sp³-hybridized carbons (Fsp3) is 0.667. The summed E-state index contributed by atoms with van der Waals surface area (Å²) >= 11 is 0. The van der Waals surface area contributed by atoms with Crippen LogP contribution in [0.5, 0.6) is 0 Å². The molecule has 128 valence electrons. The van der Waals surface area contributed by atoms with Gasteiger partial charge in [-0.3, -0.25) is 4.79 Å². The first-order valence-electron chi connectivity index (χ1n) is 8.91. The Bertz CT molecular complexity index is 540. The van der Waals surface area contributed by atoms with Crippen LogP contribution in [0.1, 0.15) is 84.3 Å². The molecule has 2 rings (SSSR count). The number of hydrogen-bond acceptors (Lipinski definition) is 1. The van der Waals surface area contributed by atoms with E-state index in [-0.39, 0.29) is 10.8 Å². The third kappa shape index (κ3) is 3.97. The van der Waals surface area contributed by atoms with Crippen molar-refractivity contribution in [2.24, 2.45) is 5.41 Å². The smallest absolute Gasteiger partial charge is 0.314 e. The van der Waals surface area contributed by atoms with Crippen molar-refractivity contribution in [3.05, 3.63) is 35.4 Å². The number of hydrogen-bond donors (Lipinski definition) is 1. The van der Waals surface area contributed by atoms with E-state index in [1.54, 1.807) is 0 Å². The average molecular weight is 316 g/mol. The lowest BCUT2D eigenvalue weighted by atomic mass is 9.68. The Balaban J connectivity index is 2.29. The Morgan fingerprint density at radius 1 is 1.00 bits per heavy atom. The fourth-order valence-electron chi connectivity index (χ4n) is 4.45. The van der Waals surface area contributed by atoms with Crippen LogP contribution in [0.3, 0.4) is 0 Å². The van der Waals surface area contributed by atoms with E-state index < -0.39 is 11.4 Å². The summed E-state index contributed by atoms with van der Waals surface area (Å²) in [5, 5.41) is 9.82. The van der Waals surface area contributed by atoms with Gasteiger partial charge in [0, 0.05) is 0 Å². The van der Waals surface area contributed by atoms with Gasteiger partial charge in [0.2, 0.25) is 0 Å². The average Bonchev–Trinajstić information content (AvgIpc) is 2.45. The third-order valence-electron chi connectivity index (χ3n) is 5.31. The first kappa shape index (κ1) is 18.0. The molecule has 23 heavy (non-hydrogen) atoms. The normalized spacial score (nSPS) is 18.7. The second kappa shape index (κ2) is 6.30. The molecular formula is C21H32O2. The van der Waals surface area contributed by atoms with E-state index in [9.17, 15) is 9.90 Å². The van der Waals surface area contributed by atoms with Crippen LogP contribution in [-0.4, -0.2) is 11.1 Å². The Labute approximate surface area is 141 Å². The number of benzene rings is 1. The topological polar surface area (TPSA) is 37.3 Å². The van der Waals surface area contributed by atoms with E-state index >= 15 is 0 Å². The van der Waals surface area contributed by atoms with Gasteiger partial charge in [-0.1, -0.05) is 78.1 Å². The zero-order valence-corrected chi connectivity index (χ0v) is 15.4. The van der Waals surface area contributed by atoms with Gasteiger partial charge in [-0.25, -0.2) is 0 Å². The maximum atomic E-state index is 11.9. The molecule has 0 atom stereocenters. The van der Waals surface area contributed by atoms with Gasteiger partial charge in [0.05, 0.1) is 5.41 Å². The van der Waals surface area contributed by atoms with Crippen molar-refractivity contribution in [3.8, 4) is 0 Å². The van der Waals surface area contributed by atoms with Gasteiger partial charge in [-0.05, 0) is 41.2 Å². The van der Waals surface area contributed by atoms with Crippen LogP contribution in [0.4, 0.5) is 0 Å². The molecule has 1 aromatic carbocycles. The zero-order valence-electron chi connectivity index (χ0n) is 15.4. The summed E-state index contributed by atoms with van der Waals surface area (Å²) in [5.74, 6) is -0.654.